The number of alkyl halides is 3. The molecule has 6 rings (SSSR count). The molecule has 2 saturated heterocycles. The van der Waals surface area contributed by atoms with Crippen LogP contribution in [0.1, 0.15) is 42.8 Å². The molecule has 46 heavy (non-hydrogen) atoms. The van der Waals surface area contributed by atoms with E-state index in [1.807, 2.05) is 6.92 Å². The number of carbonyl (C=O) groups is 2. The van der Waals surface area contributed by atoms with Crippen molar-refractivity contribution in [3.8, 4) is 5.82 Å². The zero-order valence-electron chi connectivity index (χ0n) is 25.2. The summed E-state index contributed by atoms with van der Waals surface area (Å²) in [4.78, 5) is 44.8. The molecular weight excluding hydrogens is 610 g/mol. The summed E-state index contributed by atoms with van der Waals surface area (Å²) in [5.41, 5.74) is 0.342. The van der Waals surface area contributed by atoms with Gasteiger partial charge in [-0.2, -0.15) is 28.4 Å². The molecule has 2 aliphatic rings. The Hall–Kier alpha value is -5.09. The average molecular weight is 642 g/mol. The summed E-state index contributed by atoms with van der Waals surface area (Å²) >= 11 is 0. The number of anilines is 3. The van der Waals surface area contributed by atoms with Crippen LogP contribution < -0.4 is 10.2 Å². The number of H-pyrrole nitrogens is 1. The van der Waals surface area contributed by atoms with Crippen molar-refractivity contribution < 1.29 is 27.2 Å². The number of piperazine rings is 1. The zero-order valence-corrected chi connectivity index (χ0v) is 25.2. The minimum absolute atomic E-state index is 0.0580. The second-order valence-corrected chi connectivity index (χ2v) is 11.5. The number of amides is 2. The Morgan fingerprint density at radius 2 is 1.83 bits per heavy atom. The van der Waals surface area contributed by atoms with Crippen LogP contribution in [-0.2, 0) is 9.59 Å². The van der Waals surface area contributed by atoms with Crippen LogP contribution in [0.15, 0.2) is 42.9 Å². The smallest absolute Gasteiger partial charge is 0.341 e. The van der Waals surface area contributed by atoms with Gasteiger partial charge in [-0.25, -0.2) is 19.0 Å². The van der Waals surface area contributed by atoms with E-state index < -0.39 is 48.5 Å². The van der Waals surface area contributed by atoms with Gasteiger partial charge >= 0.3 is 6.18 Å². The molecule has 2 amide bonds. The molecule has 4 aromatic heterocycles. The zero-order chi connectivity index (χ0) is 32.8. The Balaban J connectivity index is 1.24. The first-order chi connectivity index (χ1) is 21.8. The Kier molecular flexibility index (Phi) is 7.85. The molecule has 2 N–H and O–H groups in total. The van der Waals surface area contributed by atoms with Gasteiger partial charge in [0.2, 0.25) is 17.8 Å². The number of piperidine rings is 1. The Morgan fingerprint density at radius 1 is 1.07 bits per heavy atom. The first-order valence-electron chi connectivity index (χ1n) is 14.6. The first kappa shape index (κ1) is 30.9. The fourth-order valence-electron chi connectivity index (χ4n) is 5.97. The monoisotopic (exact) mass is 641 g/mol. The highest BCUT2D eigenvalue weighted by Gasteiger charge is 2.57. The maximum atomic E-state index is 14.2. The molecule has 0 saturated carbocycles. The summed E-state index contributed by atoms with van der Waals surface area (Å²) in [6, 6.07) is 6.10. The van der Waals surface area contributed by atoms with Crippen molar-refractivity contribution in [2.24, 2.45) is 0 Å². The standard InChI is InChI=1S/C29H31F4N11O2/c1-17-10-22(37-23-11-18(2)39-40-23)38-27(36-17)41-8-6-28(7-9-41)26(46)42(15-25(45)43(28)16-29(31,32)33)19(3)20-4-5-24(34-12-20)44-14-21(30)13-35-44/h4-5,10-14,19H,6-9,15-16H2,1-3H3,(H2,36,37,38,39,40)/t19-/m0/s1. The lowest BCUT2D eigenvalue weighted by Gasteiger charge is -2.53. The van der Waals surface area contributed by atoms with Gasteiger partial charge < -0.3 is 20.0 Å². The van der Waals surface area contributed by atoms with Crippen LogP contribution in [0.2, 0.25) is 0 Å². The van der Waals surface area contributed by atoms with E-state index in [9.17, 15) is 27.2 Å². The Labute approximate surface area is 260 Å². The van der Waals surface area contributed by atoms with Crippen molar-refractivity contribution in [1.29, 1.82) is 0 Å². The molecular formula is C29H31F4N11O2. The first-order valence-corrected chi connectivity index (χ1v) is 14.6. The summed E-state index contributed by atoms with van der Waals surface area (Å²) in [6.07, 6.45) is -1.15. The lowest BCUT2D eigenvalue weighted by Crippen LogP contribution is -2.72. The maximum Gasteiger partial charge on any atom is 0.406 e. The van der Waals surface area contributed by atoms with Crippen molar-refractivity contribution in [1.82, 2.24) is 44.7 Å². The minimum atomic E-state index is -4.70. The Morgan fingerprint density at radius 3 is 2.43 bits per heavy atom. The maximum absolute atomic E-state index is 14.2. The van der Waals surface area contributed by atoms with E-state index >= 15 is 0 Å². The van der Waals surface area contributed by atoms with Crippen LogP contribution in [0.25, 0.3) is 5.82 Å². The van der Waals surface area contributed by atoms with Crippen LogP contribution in [0.4, 0.5) is 35.1 Å². The number of rotatable bonds is 7. The van der Waals surface area contributed by atoms with Crippen LogP contribution in [0.3, 0.4) is 0 Å². The fraction of sp³-hybridized carbons (Fsp3) is 0.414. The largest absolute Gasteiger partial charge is 0.406 e. The summed E-state index contributed by atoms with van der Waals surface area (Å²) in [5, 5.41) is 14.0. The van der Waals surface area contributed by atoms with E-state index in [1.165, 1.54) is 15.8 Å². The molecule has 17 heteroatoms. The molecule has 1 atom stereocenters. The number of nitrogens with one attached hydrogen (secondary N) is 2. The Bertz CT molecular complexity index is 1750. The topological polar surface area (TPSA) is 141 Å². The number of nitrogens with zero attached hydrogens (tertiary/aromatic N) is 9. The number of aromatic amines is 1. The normalized spacial score (nSPS) is 17.6. The third kappa shape index (κ3) is 6.08. The van der Waals surface area contributed by atoms with Gasteiger partial charge in [0.15, 0.2) is 17.5 Å². The fourth-order valence-corrected chi connectivity index (χ4v) is 5.97. The number of hydrogen-bond acceptors (Lipinski definition) is 9. The van der Waals surface area contributed by atoms with E-state index in [4.69, 9.17) is 0 Å². The molecule has 0 aromatic carbocycles. The third-order valence-electron chi connectivity index (χ3n) is 8.30. The van der Waals surface area contributed by atoms with Crippen LogP contribution in [0, 0.1) is 19.7 Å². The highest BCUT2D eigenvalue weighted by Crippen LogP contribution is 2.40. The lowest BCUT2D eigenvalue weighted by molar-refractivity contribution is -0.191. The van der Waals surface area contributed by atoms with Gasteiger partial charge in [-0.1, -0.05) is 6.07 Å². The number of aromatic nitrogens is 7. The predicted octanol–water partition coefficient (Wildman–Crippen LogP) is 3.61. The van der Waals surface area contributed by atoms with Gasteiger partial charge in [0.25, 0.3) is 0 Å². The average Bonchev–Trinajstić information content (AvgIpc) is 3.64. The van der Waals surface area contributed by atoms with Crippen LogP contribution >= 0.6 is 0 Å². The van der Waals surface area contributed by atoms with E-state index in [0.29, 0.717) is 39.6 Å². The summed E-state index contributed by atoms with van der Waals surface area (Å²) < 4.78 is 56.0. The molecule has 6 heterocycles. The van der Waals surface area contributed by atoms with Crippen molar-refractivity contribution in [3.63, 3.8) is 0 Å². The molecule has 0 unspecified atom stereocenters. The van der Waals surface area contributed by atoms with Gasteiger partial charge in [-0.05, 0) is 45.2 Å². The van der Waals surface area contributed by atoms with E-state index in [1.54, 1.807) is 43.0 Å². The number of hydrogen-bond donors (Lipinski definition) is 2. The van der Waals surface area contributed by atoms with Crippen molar-refractivity contribution in [2.75, 3.05) is 36.4 Å². The minimum Gasteiger partial charge on any atom is -0.341 e. The highest BCUT2D eigenvalue weighted by molar-refractivity contribution is 5.98. The van der Waals surface area contributed by atoms with E-state index in [2.05, 4.69) is 35.6 Å². The van der Waals surface area contributed by atoms with Crippen LogP contribution in [0.5, 0.6) is 0 Å². The van der Waals surface area contributed by atoms with Gasteiger partial charge in [0.05, 0.1) is 18.4 Å². The summed E-state index contributed by atoms with van der Waals surface area (Å²) in [7, 11) is 0. The number of aryl methyl sites for hydroxylation is 2. The molecule has 0 bridgehead atoms. The molecule has 1 spiro atoms. The number of carbonyl (C=O) groups excluding carboxylic acids is 2. The van der Waals surface area contributed by atoms with Gasteiger partial charge in [0.1, 0.15) is 24.4 Å². The second-order valence-electron chi connectivity index (χ2n) is 11.5. The SMILES string of the molecule is Cc1cc(Nc2cc(C)[nH]n2)nc(N2CCC3(CC2)C(=O)N([C@@H](C)c2ccc(-n4cc(F)cn4)nc2)CC(=O)N3CC(F)(F)F)n1. The van der Waals surface area contributed by atoms with Crippen LogP contribution in [-0.4, -0.2) is 94.4 Å². The van der Waals surface area contributed by atoms with E-state index in [0.717, 1.165) is 18.1 Å². The van der Waals surface area contributed by atoms with Gasteiger partial charge in [-0.15, -0.1) is 0 Å². The highest BCUT2D eigenvalue weighted by atomic mass is 19.4. The molecule has 0 radical (unpaired) electrons. The van der Waals surface area contributed by atoms with Crippen molar-refractivity contribution >= 4 is 29.4 Å². The molecule has 2 fully saturated rings. The van der Waals surface area contributed by atoms with Crippen molar-refractivity contribution in [3.05, 3.63) is 65.6 Å². The third-order valence-corrected chi connectivity index (χ3v) is 8.30. The van der Waals surface area contributed by atoms with E-state index in [-0.39, 0.29) is 25.9 Å². The molecule has 242 valence electrons. The molecule has 4 aromatic rings. The molecule has 13 nitrogen and oxygen atoms in total. The van der Waals surface area contributed by atoms with Gasteiger partial charge in [0, 0.05) is 42.8 Å². The molecule has 2 aliphatic heterocycles. The lowest BCUT2D eigenvalue weighted by atomic mass is 9.81. The summed E-state index contributed by atoms with van der Waals surface area (Å²) in [5.74, 6) is -0.180. The van der Waals surface area contributed by atoms with Crippen molar-refractivity contribution in [2.45, 2.75) is 51.4 Å². The quantitative estimate of drug-likeness (QED) is 0.290. The van der Waals surface area contributed by atoms with Gasteiger partial charge in [-0.3, -0.25) is 14.7 Å². The number of halogens is 4. The summed E-state index contributed by atoms with van der Waals surface area (Å²) in [6.45, 7) is 3.56. The molecule has 0 aliphatic carbocycles. The predicted molar refractivity (Wildman–Crippen MR) is 157 cm³/mol. The second kappa shape index (κ2) is 11.7. The number of pyridine rings is 1.